The highest BCUT2D eigenvalue weighted by atomic mass is 19.3. The molecule has 2 saturated heterocycles. The van der Waals surface area contributed by atoms with Crippen LogP contribution in [0.15, 0.2) is 0 Å². The van der Waals surface area contributed by atoms with E-state index in [0.29, 0.717) is 0 Å². The minimum atomic E-state index is -2.83. The molecule has 2 aliphatic rings. The summed E-state index contributed by atoms with van der Waals surface area (Å²) in [4.78, 5) is 23.6. The van der Waals surface area contributed by atoms with E-state index in [1.54, 1.807) is 0 Å². The summed E-state index contributed by atoms with van der Waals surface area (Å²) in [5.74, 6) is -0.382. The van der Waals surface area contributed by atoms with Crippen LogP contribution in [-0.2, 0) is 14.3 Å². The second kappa shape index (κ2) is 4.20. The van der Waals surface area contributed by atoms with Crippen LogP contribution in [0.1, 0.15) is 0 Å². The summed E-state index contributed by atoms with van der Waals surface area (Å²) in [6.07, 6.45) is -2.12. The molecule has 0 radical (unpaired) electrons. The minimum absolute atomic E-state index is 0.108. The van der Waals surface area contributed by atoms with Crippen LogP contribution in [0.25, 0.3) is 0 Å². The van der Waals surface area contributed by atoms with Crippen LogP contribution in [0.2, 0.25) is 0 Å². The van der Waals surface area contributed by atoms with E-state index in [1.165, 1.54) is 4.90 Å². The Kier molecular flexibility index (Phi) is 2.90. The lowest BCUT2D eigenvalue weighted by Gasteiger charge is -2.39. The topological polar surface area (TPSA) is 67.9 Å². The van der Waals surface area contributed by atoms with Crippen molar-refractivity contribution in [3.8, 4) is 0 Å². The van der Waals surface area contributed by atoms with Gasteiger partial charge in [-0.15, -0.1) is 0 Å². The molecule has 16 heavy (non-hydrogen) atoms. The summed E-state index contributed by atoms with van der Waals surface area (Å²) in [7, 11) is 0. The summed E-state index contributed by atoms with van der Waals surface area (Å²) < 4.78 is 32.4. The van der Waals surface area contributed by atoms with E-state index < -0.39 is 24.9 Å². The Morgan fingerprint density at radius 1 is 1.56 bits per heavy atom. The zero-order valence-corrected chi connectivity index (χ0v) is 8.19. The van der Waals surface area contributed by atoms with Gasteiger partial charge in [-0.2, -0.15) is 8.78 Å². The molecule has 2 heterocycles. The molecular weight excluding hydrogens is 226 g/mol. The zero-order chi connectivity index (χ0) is 11.7. The third-order valence-electron chi connectivity index (χ3n) is 2.41. The number of alkyl carbamates (subject to hydrolysis) is 1. The lowest BCUT2D eigenvalue weighted by Crippen LogP contribution is -2.58. The summed E-state index contributed by atoms with van der Waals surface area (Å²) in [5, 5.41) is 2.34. The fourth-order valence-corrected chi connectivity index (χ4v) is 1.58. The van der Waals surface area contributed by atoms with E-state index in [-0.39, 0.29) is 25.5 Å². The molecule has 0 aromatic carbocycles. The highest BCUT2D eigenvalue weighted by Crippen LogP contribution is 2.17. The van der Waals surface area contributed by atoms with Crippen LogP contribution < -0.4 is 5.32 Å². The second-order valence-electron chi connectivity index (χ2n) is 3.54. The third-order valence-corrected chi connectivity index (χ3v) is 2.41. The first-order valence-electron chi connectivity index (χ1n) is 4.73. The Bertz CT molecular complexity index is 306. The maximum absolute atomic E-state index is 11.8. The number of ether oxygens (including phenoxy) is 2. The number of nitrogens with zero attached hydrogens (tertiary/aromatic N) is 1. The molecule has 0 aliphatic carbocycles. The van der Waals surface area contributed by atoms with Gasteiger partial charge < -0.3 is 19.7 Å². The van der Waals surface area contributed by atoms with E-state index in [0.717, 1.165) is 0 Å². The number of carbonyl (C=O) groups is 2. The van der Waals surface area contributed by atoms with Crippen LogP contribution >= 0.6 is 0 Å². The number of hydrogen-bond acceptors (Lipinski definition) is 4. The van der Waals surface area contributed by atoms with Gasteiger partial charge in [0.05, 0.1) is 12.6 Å². The Balaban J connectivity index is 1.75. The molecule has 0 unspecified atom stereocenters. The van der Waals surface area contributed by atoms with Gasteiger partial charge >= 0.3 is 12.7 Å². The van der Waals surface area contributed by atoms with Crippen molar-refractivity contribution < 1.29 is 27.8 Å². The van der Waals surface area contributed by atoms with Crippen LogP contribution in [0.3, 0.4) is 0 Å². The van der Waals surface area contributed by atoms with Crippen molar-refractivity contribution in [2.75, 3.05) is 19.6 Å². The molecule has 90 valence electrons. The van der Waals surface area contributed by atoms with E-state index in [4.69, 9.17) is 0 Å². The summed E-state index contributed by atoms with van der Waals surface area (Å²) in [6.45, 7) is -2.49. The van der Waals surface area contributed by atoms with Crippen LogP contribution in [0.4, 0.5) is 13.6 Å². The molecule has 0 bridgehead atoms. The summed E-state index contributed by atoms with van der Waals surface area (Å²) in [5.41, 5.74) is 0. The molecule has 8 heteroatoms. The summed E-state index contributed by atoms with van der Waals surface area (Å²) in [6, 6.07) is 0. The van der Waals surface area contributed by atoms with E-state index >= 15 is 0 Å². The Labute approximate surface area is 89.5 Å². The minimum Gasteiger partial charge on any atom is -0.434 e. The highest BCUT2D eigenvalue weighted by Gasteiger charge is 2.39. The highest BCUT2D eigenvalue weighted by molar-refractivity contribution is 5.86. The smallest absolute Gasteiger partial charge is 0.408 e. The maximum atomic E-state index is 11.8. The number of amides is 2. The summed E-state index contributed by atoms with van der Waals surface area (Å²) >= 11 is 0. The van der Waals surface area contributed by atoms with Crippen molar-refractivity contribution in [3.63, 3.8) is 0 Å². The first-order valence-corrected chi connectivity index (χ1v) is 4.73. The average Bonchev–Trinajstić information content (AvgIpc) is 2.56. The van der Waals surface area contributed by atoms with Crippen LogP contribution in [-0.4, -0.2) is 55.4 Å². The van der Waals surface area contributed by atoms with E-state index in [1.807, 2.05) is 0 Å². The Morgan fingerprint density at radius 2 is 2.25 bits per heavy atom. The molecule has 0 spiro atoms. The lowest BCUT2D eigenvalue weighted by atomic mass is 10.1. The molecule has 1 atom stereocenters. The number of likely N-dealkylation sites (tertiary alicyclic amines) is 1. The van der Waals surface area contributed by atoms with Gasteiger partial charge in [0.2, 0.25) is 0 Å². The number of nitrogens with one attached hydrogen (secondary N) is 1. The molecule has 0 saturated carbocycles. The first-order chi connectivity index (χ1) is 7.56. The van der Waals surface area contributed by atoms with Gasteiger partial charge in [-0.1, -0.05) is 0 Å². The van der Waals surface area contributed by atoms with Crippen molar-refractivity contribution in [1.29, 1.82) is 0 Å². The van der Waals surface area contributed by atoms with Gasteiger partial charge in [0.1, 0.15) is 0 Å². The lowest BCUT2D eigenvalue weighted by molar-refractivity contribution is -0.200. The number of cyclic esters (lactones) is 1. The first kappa shape index (κ1) is 11.1. The Morgan fingerprint density at radius 3 is 2.75 bits per heavy atom. The number of alkyl halides is 2. The van der Waals surface area contributed by atoms with Crippen LogP contribution in [0.5, 0.6) is 0 Å². The van der Waals surface area contributed by atoms with Gasteiger partial charge in [-0.3, -0.25) is 4.79 Å². The van der Waals surface area contributed by atoms with Crippen molar-refractivity contribution in [3.05, 3.63) is 0 Å². The fraction of sp³-hybridized carbons (Fsp3) is 0.750. The van der Waals surface area contributed by atoms with Gasteiger partial charge in [0.15, 0.2) is 6.10 Å². The molecule has 2 amide bonds. The van der Waals surface area contributed by atoms with E-state index in [9.17, 15) is 18.4 Å². The normalized spacial score (nSPS) is 25.3. The molecule has 0 aromatic rings. The van der Waals surface area contributed by atoms with Crippen molar-refractivity contribution in [2.24, 2.45) is 0 Å². The standard InChI is InChI=1S/C8H10F2N2O4/c9-7(10)15-4-2-12(3-4)6(13)5-1-11-8(14)16-5/h4-5,7H,1-3H2,(H,11,14)/t5-/m0/s1. The average molecular weight is 236 g/mol. The van der Waals surface area contributed by atoms with Crippen molar-refractivity contribution in [2.45, 2.75) is 18.8 Å². The van der Waals surface area contributed by atoms with Gasteiger partial charge in [-0.25, -0.2) is 4.79 Å². The van der Waals surface area contributed by atoms with E-state index in [2.05, 4.69) is 14.8 Å². The second-order valence-corrected chi connectivity index (χ2v) is 3.54. The monoisotopic (exact) mass is 236 g/mol. The predicted octanol–water partition coefficient (Wildman–Crippen LogP) is -0.455. The molecule has 2 rings (SSSR count). The SMILES string of the molecule is O=C1NC[C@@H](C(=O)N2CC(OC(F)F)C2)O1. The van der Waals surface area contributed by atoms with Gasteiger partial charge in [0.25, 0.3) is 5.91 Å². The maximum Gasteiger partial charge on any atom is 0.408 e. The number of carbonyl (C=O) groups excluding carboxylic acids is 2. The fourth-order valence-electron chi connectivity index (χ4n) is 1.58. The van der Waals surface area contributed by atoms with Crippen molar-refractivity contribution in [1.82, 2.24) is 10.2 Å². The quantitative estimate of drug-likeness (QED) is 0.720. The van der Waals surface area contributed by atoms with Gasteiger partial charge in [0, 0.05) is 13.1 Å². The molecule has 6 nitrogen and oxygen atoms in total. The van der Waals surface area contributed by atoms with Crippen LogP contribution in [0, 0.1) is 0 Å². The van der Waals surface area contributed by atoms with Gasteiger partial charge in [-0.05, 0) is 0 Å². The molecular formula is C8H10F2N2O4. The largest absolute Gasteiger partial charge is 0.434 e. The molecule has 1 N–H and O–H groups in total. The Hall–Kier alpha value is -1.44. The third kappa shape index (κ3) is 2.21. The molecule has 2 fully saturated rings. The molecule has 0 aromatic heterocycles. The molecule has 2 aliphatic heterocycles. The van der Waals surface area contributed by atoms with Crippen molar-refractivity contribution >= 4 is 12.0 Å². The number of rotatable bonds is 3. The number of halogens is 2. The zero-order valence-electron chi connectivity index (χ0n) is 8.19. The number of hydrogen-bond donors (Lipinski definition) is 1. The predicted molar refractivity (Wildman–Crippen MR) is 45.7 cm³/mol.